The quantitative estimate of drug-likeness (QED) is 0.736. The Morgan fingerprint density at radius 1 is 0.963 bits per heavy atom. The Hall–Kier alpha value is -2.19. The zero-order valence-electron chi connectivity index (χ0n) is 16.0. The van der Waals surface area contributed by atoms with Crippen LogP contribution in [-0.2, 0) is 4.79 Å². The Morgan fingerprint density at radius 2 is 1.56 bits per heavy atom. The van der Waals surface area contributed by atoms with E-state index in [9.17, 15) is 9.59 Å². The number of hydrogen-bond donors (Lipinski definition) is 1. The van der Waals surface area contributed by atoms with Crippen molar-refractivity contribution in [3.05, 3.63) is 17.7 Å². The summed E-state index contributed by atoms with van der Waals surface area (Å²) in [6, 6.07) is 3.35. The Bertz CT molecular complexity index is 648. The van der Waals surface area contributed by atoms with Crippen LogP contribution in [0.4, 0.5) is 0 Å². The number of rotatable bonds is 7. The summed E-state index contributed by atoms with van der Waals surface area (Å²) in [6.07, 6.45) is 1.13. The van der Waals surface area contributed by atoms with E-state index in [4.69, 9.17) is 19.9 Å². The molecule has 8 nitrogen and oxygen atoms in total. The number of methoxy groups -OCH3 is 3. The topological polar surface area (TPSA) is 94.3 Å². The lowest BCUT2D eigenvalue weighted by Crippen LogP contribution is -2.50. The van der Waals surface area contributed by atoms with Gasteiger partial charge in [-0.1, -0.05) is 0 Å². The van der Waals surface area contributed by atoms with Gasteiger partial charge in [-0.2, -0.15) is 0 Å². The van der Waals surface area contributed by atoms with Gasteiger partial charge in [0.1, 0.15) is 0 Å². The summed E-state index contributed by atoms with van der Waals surface area (Å²) in [5.41, 5.74) is 5.86. The lowest BCUT2D eigenvalue weighted by Gasteiger charge is -2.35. The number of nitrogens with zero attached hydrogens (tertiary/aromatic N) is 2. The first-order valence-electron chi connectivity index (χ1n) is 8.63. The predicted octanol–water partition coefficient (Wildman–Crippen LogP) is 1.16. The number of amides is 2. The van der Waals surface area contributed by atoms with Gasteiger partial charge in [0, 0.05) is 32.6 Å². The molecule has 1 aliphatic heterocycles. The van der Waals surface area contributed by atoms with E-state index in [1.165, 1.54) is 21.3 Å². The second-order valence-corrected chi connectivity index (χ2v) is 5.95. The largest absolute Gasteiger partial charge is 0.493 e. The fourth-order valence-electron chi connectivity index (χ4n) is 3.01. The van der Waals surface area contributed by atoms with Gasteiger partial charge in [0.25, 0.3) is 5.91 Å². The fourth-order valence-corrected chi connectivity index (χ4v) is 3.01. The maximum absolute atomic E-state index is 12.9. The SMILES string of the molecule is COc1ccc(C(=O)N2CCN(C(=O)CCCN)CC2)c(OC)c1OC.Cl. The predicted molar refractivity (Wildman–Crippen MR) is 104 cm³/mol. The maximum atomic E-state index is 12.9. The number of nitrogens with two attached hydrogens (primary N) is 1. The minimum absolute atomic E-state index is 0. The number of carbonyl (C=O) groups excluding carboxylic acids is 2. The molecule has 1 fully saturated rings. The van der Waals surface area contributed by atoms with Gasteiger partial charge in [0.15, 0.2) is 11.5 Å². The molecular weight excluding hydrogens is 374 g/mol. The summed E-state index contributed by atoms with van der Waals surface area (Å²) in [7, 11) is 4.52. The molecule has 27 heavy (non-hydrogen) atoms. The van der Waals surface area contributed by atoms with Crippen LogP contribution in [-0.4, -0.2) is 75.7 Å². The number of ether oxygens (including phenoxy) is 3. The summed E-state index contributed by atoms with van der Waals surface area (Å²) < 4.78 is 16.0. The van der Waals surface area contributed by atoms with Gasteiger partial charge < -0.3 is 29.7 Å². The van der Waals surface area contributed by atoms with Crippen molar-refractivity contribution in [1.82, 2.24) is 9.80 Å². The fraction of sp³-hybridized carbons (Fsp3) is 0.556. The van der Waals surface area contributed by atoms with E-state index in [0.29, 0.717) is 68.4 Å². The summed E-state index contributed by atoms with van der Waals surface area (Å²) in [5, 5.41) is 0. The average molecular weight is 402 g/mol. The molecule has 0 saturated carbocycles. The molecule has 0 unspecified atom stereocenters. The molecule has 1 saturated heterocycles. The molecule has 2 amide bonds. The van der Waals surface area contributed by atoms with Crippen molar-refractivity contribution in [2.45, 2.75) is 12.8 Å². The number of carbonyl (C=O) groups is 2. The Labute approximate surface area is 165 Å². The number of benzene rings is 1. The lowest BCUT2D eigenvalue weighted by atomic mass is 10.1. The minimum atomic E-state index is -0.156. The zero-order valence-corrected chi connectivity index (χ0v) is 16.8. The standard InChI is InChI=1S/C18H27N3O5.ClH/c1-24-14-7-6-13(16(25-2)17(14)26-3)18(23)21-11-9-20(10-12-21)15(22)5-4-8-19;/h6-7H,4-5,8-12,19H2,1-3H3;1H. The average Bonchev–Trinajstić information content (AvgIpc) is 2.70. The number of halogens is 1. The molecule has 9 heteroatoms. The number of hydrogen-bond acceptors (Lipinski definition) is 6. The van der Waals surface area contributed by atoms with Crippen LogP contribution >= 0.6 is 12.4 Å². The minimum Gasteiger partial charge on any atom is -0.493 e. The molecule has 1 aromatic carbocycles. The van der Waals surface area contributed by atoms with Crippen molar-refractivity contribution in [1.29, 1.82) is 0 Å². The van der Waals surface area contributed by atoms with Gasteiger partial charge in [-0.05, 0) is 25.1 Å². The van der Waals surface area contributed by atoms with E-state index in [0.717, 1.165) is 0 Å². The first kappa shape index (κ1) is 22.9. The van der Waals surface area contributed by atoms with Crippen LogP contribution in [0.15, 0.2) is 12.1 Å². The van der Waals surface area contributed by atoms with E-state index >= 15 is 0 Å². The van der Waals surface area contributed by atoms with Crippen LogP contribution in [0.2, 0.25) is 0 Å². The van der Waals surface area contributed by atoms with Gasteiger partial charge in [-0.15, -0.1) is 12.4 Å². The van der Waals surface area contributed by atoms with Crippen LogP contribution in [0.5, 0.6) is 17.2 Å². The maximum Gasteiger partial charge on any atom is 0.257 e. The summed E-state index contributed by atoms with van der Waals surface area (Å²) in [5.74, 6) is 1.16. The highest BCUT2D eigenvalue weighted by Crippen LogP contribution is 2.40. The molecule has 0 radical (unpaired) electrons. The van der Waals surface area contributed by atoms with Crippen LogP contribution in [0.1, 0.15) is 23.2 Å². The van der Waals surface area contributed by atoms with E-state index in [1.54, 1.807) is 21.9 Å². The monoisotopic (exact) mass is 401 g/mol. The molecule has 1 aromatic rings. The smallest absolute Gasteiger partial charge is 0.257 e. The molecule has 0 spiro atoms. The molecule has 0 atom stereocenters. The van der Waals surface area contributed by atoms with Crippen molar-refractivity contribution < 1.29 is 23.8 Å². The molecule has 2 rings (SSSR count). The van der Waals surface area contributed by atoms with Gasteiger partial charge in [0.2, 0.25) is 11.7 Å². The third-order valence-electron chi connectivity index (χ3n) is 4.45. The van der Waals surface area contributed by atoms with Crippen LogP contribution < -0.4 is 19.9 Å². The third-order valence-corrected chi connectivity index (χ3v) is 4.45. The lowest BCUT2D eigenvalue weighted by molar-refractivity contribution is -0.132. The van der Waals surface area contributed by atoms with E-state index in [-0.39, 0.29) is 24.2 Å². The molecule has 0 aliphatic carbocycles. The van der Waals surface area contributed by atoms with Crippen LogP contribution in [0.3, 0.4) is 0 Å². The van der Waals surface area contributed by atoms with Gasteiger partial charge >= 0.3 is 0 Å². The van der Waals surface area contributed by atoms with Crippen molar-refractivity contribution >= 4 is 24.2 Å². The van der Waals surface area contributed by atoms with Gasteiger partial charge in [-0.3, -0.25) is 9.59 Å². The first-order valence-corrected chi connectivity index (χ1v) is 8.63. The summed E-state index contributed by atoms with van der Waals surface area (Å²) in [6.45, 7) is 2.49. The van der Waals surface area contributed by atoms with Crippen molar-refractivity contribution in [3.63, 3.8) is 0 Å². The molecule has 0 bridgehead atoms. The Morgan fingerprint density at radius 3 is 2.07 bits per heavy atom. The van der Waals surface area contributed by atoms with Gasteiger partial charge in [-0.25, -0.2) is 0 Å². The van der Waals surface area contributed by atoms with E-state index in [2.05, 4.69) is 0 Å². The third kappa shape index (κ3) is 5.17. The van der Waals surface area contributed by atoms with Crippen LogP contribution in [0, 0.1) is 0 Å². The first-order chi connectivity index (χ1) is 12.6. The molecule has 1 aliphatic rings. The molecule has 2 N–H and O–H groups in total. The molecule has 152 valence electrons. The summed E-state index contributed by atoms with van der Waals surface area (Å²) in [4.78, 5) is 28.5. The van der Waals surface area contributed by atoms with Crippen LogP contribution in [0.25, 0.3) is 0 Å². The highest BCUT2D eigenvalue weighted by molar-refractivity contribution is 5.98. The van der Waals surface area contributed by atoms with E-state index in [1.807, 2.05) is 0 Å². The second-order valence-electron chi connectivity index (χ2n) is 5.95. The zero-order chi connectivity index (χ0) is 19.1. The molecular formula is C18H28ClN3O5. The second kappa shape index (κ2) is 10.8. The molecule has 0 aromatic heterocycles. The van der Waals surface area contributed by atoms with E-state index < -0.39 is 0 Å². The Kier molecular flexibility index (Phi) is 9.17. The molecule has 1 heterocycles. The highest BCUT2D eigenvalue weighted by Gasteiger charge is 2.28. The van der Waals surface area contributed by atoms with Crippen molar-refractivity contribution in [3.8, 4) is 17.2 Å². The highest BCUT2D eigenvalue weighted by atomic mass is 35.5. The van der Waals surface area contributed by atoms with Crippen molar-refractivity contribution in [2.75, 3.05) is 54.1 Å². The van der Waals surface area contributed by atoms with Gasteiger partial charge in [0.05, 0.1) is 26.9 Å². The Balaban J connectivity index is 0.00000364. The normalized spacial score (nSPS) is 13.6. The summed E-state index contributed by atoms with van der Waals surface area (Å²) >= 11 is 0. The number of piperazine rings is 1. The van der Waals surface area contributed by atoms with Crippen molar-refractivity contribution in [2.24, 2.45) is 5.73 Å².